The van der Waals surface area contributed by atoms with Gasteiger partial charge in [-0.05, 0) is 19.3 Å². The first-order chi connectivity index (χ1) is 15.7. The highest BCUT2D eigenvalue weighted by atomic mass is 16.6. The van der Waals surface area contributed by atoms with E-state index in [4.69, 9.17) is 14.7 Å². The zero-order valence-corrected chi connectivity index (χ0v) is 18.4. The van der Waals surface area contributed by atoms with Crippen molar-refractivity contribution in [3.63, 3.8) is 0 Å². The van der Waals surface area contributed by atoms with E-state index in [1.54, 1.807) is 12.1 Å². The van der Waals surface area contributed by atoms with Crippen molar-refractivity contribution in [3.8, 4) is 0 Å². The highest BCUT2D eigenvalue weighted by Crippen LogP contribution is 2.31. The summed E-state index contributed by atoms with van der Waals surface area (Å²) in [5.41, 5.74) is 3.22. The van der Waals surface area contributed by atoms with Crippen LogP contribution < -0.4 is 9.80 Å². The summed E-state index contributed by atoms with van der Waals surface area (Å²) in [5.74, 6) is 1.88. The monoisotopic (exact) mass is 438 g/mol. The summed E-state index contributed by atoms with van der Waals surface area (Å²) >= 11 is 0. The topological polar surface area (TPSA) is 87.9 Å². The largest absolute Gasteiger partial charge is 0.378 e. The first kappa shape index (κ1) is 21.1. The second kappa shape index (κ2) is 9.38. The predicted octanol–water partition coefficient (Wildman–Crippen LogP) is 2.77. The lowest BCUT2D eigenvalue weighted by Crippen LogP contribution is -2.40. The minimum atomic E-state index is -0.291. The number of piperidine rings is 1. The Morgan fingerprint density at radius 3 is 2.53 bits per heavy atom. The van der Waals surface area contributed by atoms with Crippen molar-refractivity contribution < 1.29 is 9.66 Å². The average molecular weight is 439 g/mol. The number of nitrogens with zero attached hydrogens (tertiary/aromatic N) is 6. The van der Waals surface area contributed by atoms with Crippen LogP contribution in [0, 0.1) is 10.1 Å². The molecule has 0 spiro atoms. The Hall–Kier alpha value is -2.78. The van der Waals surface area contributed by atoms with Crippen LogP contribution in [-0.4, -0.2) is 65.7 Å². The molecular formula is C23H30N6O3. The second-order valence-electron chi connectivity index (χ2n) is 8.77. The Bertz CT molecular complexity index is 972. The Morgan fingerprint density at radius 2 is 1.75 bits per heavy atom. The van der Waals surface area contributed by atoms with Gasteiger partial charge in [0.25, 0.3) is 5.69 Å². The van der Waals surface area contributed by atoms with Crippen LogP contribution in [-0.2, 0) is 24.2 Å². The molecule has 0 N–H and O–H groups in total. The molecule has 0 unspecified atom stereocenters. The molecule has 170 valence electrons. The van der Waals surface area contributed by atoms with Crippen LogP contribution in [0.5, 0.6) is 0 Å². The summed E-state index contributed by atoms with van der Waals surface area (Å²) in [4.78, 5) is 28.2. The molecule has 1 aromatic carbocycles. The molecule has 1 aromatic heterocycles. The number of para-hydroxylation sites is 1. The normalized spacial score (nSPS) is 19.6. The fourth-order valence-electron chi connectivity index (χ4n) is 4.91. The molecule has 5 rings (SSSR count). The van der Waals surface area contributed by atoms with Gasteiger partial charge in [-0.25, -0.2) is 4.98 Å². The molecule has 3 aliphatic rings. The van der Waals surface area contributed by atoms with Gasteiger partial charge >= 0.3 is 0 Å². The molecule has 0 amide bonds. The zero-order chi connectivity index (χ0) is 21.9. The van der Waals surface area contributed by atoms with Crippen LogP contribution in [0.3, 0.4) is 0 Å². The number of fused-ring (bicyclic) bond motifs is 1. The van der Waals surface area contributed by atoms with Crippen molar-refractivity contribution in [2.75, 3.05) is 55.7 Å². The SMILES string of the molecule is O=[N+]([O-])c1ccccc1CN1CCc2nc(N3CCCCC3)nc(N3CCOCC3)c2C1. The molecule has 2 aromatic rings. The minimum Gasteiger partial charge on any atom is -0.378 e. The maximum atomic E-state index is 11.5. The van der Waals surface area contributed by atoms with Crippen LogP contribution in [0.15, 0.2) is 24.3 Å². The number of anilines is 2. The van der Waals surface area contributed by atoms with E-state index in [9.17, 15) is 10.1 Å². The van der Waals surface area contributed by atoms with Crippen LogP contribution in [0.2, 0.25) is 0 Å². The molecule has 0 atom stereocenters. The summed E-state index contributed by atoms with van der Waals surface area (Å²) in [7, 11) is 0. The summed E-state index contributed by atoms with van der Waals surface area (Å²) < 4.78 is 5.58. The van der Waals surface area contributed by atoms with E-state index in [-0.39, 0.29) is 10.6 Å². The number of ether oxygens (including phenoxy) is 1. The Labute approximate surface area is 188 Å². The van der Waals surface area contributed by atoms with Crippen molar-refractivity contribution >= 4 is 17.5 Å². The van der Waals surface area contributed by atoms with Gasteiger partial charge in [0.1, 0.15) is 5.82 Å². The standard InChI is InChI=1S/C23H30N6O3/c30-29(31)21-7-3-2-6-18(21)16-26-11-8-20-19(17-26)22(27-12-14-32-15-13-27)25-23(24-20)28-9-4-1-5-10-28/h2-3,6-7H,1,4-5,8-17H2. The molecule has 32 heavy (non-hydrogen) atoms. The van der Waals surface area contributed by atoms with Gasteiger partial charge in [-0.1, -0.05) is 18.2 Å². The van der Waals surface area contributed by atoms with Gasteiger partial charge < -0.3 is 14.5 Å². The maximum absolute atomic E-state index is 11.5. The quantitative estimate of drug-likeness (QED) is 0.520. The summed E-state index contributed by atoms with van der Waals surface area (Å²) in [6, 6.07) is 7.03. The van der Waals surface area contributed by atoms with Crippen LogP contribution in [0.4, 0.5) is 17.5 Å². The van der Waals surface area contributed by atoms with Crippen molar-refractivity contribution in [1.82, 2.24) is 14.9 Å². The van der Waals surface area contributed by atoms with Crippen LogP contribution in [0.1, 0.15) is 36.1 Å². The van der Waals surface area contributed by atoms with E-state index in [1.165, 1.54) is 19.3 Å². The fourth-order valence-corrected chi connectivity index (χ4v) is 4.91. The Morgan fingerprint density at radius 1 is 0.969 bits per heavy atom. The van der Waals surface area contributed by atoms with Gasteiger partial charge in [-0.15, -0.1) is 0 Å². The second-order valence-corrected chi connectivity index (χ2v) is 8.77. The predicted molar refractivity (Wildman–Crippen MR) is 122 cm³/mol. The molecule has 4 heterocycles. The van der Waals surface area contributed by atoms with E-state index < -0.39 is 0 Å². The molecule has 0 radical (unpaired) electrons. The summed E-state index contributed by atoms with van der Waals surface area (Å²) in [6.07, 6.45) is 4.49. The smallest absolute Gasteiger partial charge is 0.273 e. The number of morpholine rings is 1. The highest BCUT2D eigenvalue weighted by Gasteiger charge is 2.28. The molecular weight excluding hydrogens is 408 g/mol. The van der Waals surface area contributed by atoms with E-state index in [1.807, 2.05) is 12.1 Å². The lowest BCUT2D eigenvalue weighted by molar-refractivity contribution is -0.385. The first-order valence-electron chi connectivity index (χ1n) is 11.6. The number of hydrogen-bond acceptors (Lipinski definition) is 8. The molecule has 2 fully saturated rings. The average Bonchev–Trinajstić information content (AvgIpc) is 2.85. The van der Waals surface area contributed by atoms with E-state index >= 15 is 0 Å². The molecule has 0 aliphatic carbocycles. The van der Waals surface area contributed by atoms with Crippen LogP contribution in [0.25, 0.3) is 0 Å². The van der Waals surface area contributed by atoms with Crippen molar-refractivity contribution in [2.45, 2.75) is 38.8 Å². The number of benzene rings is 1. The van der Waals surface area contributed by atoms with Gasteiger partial charge in [0, 0.05) is 69.4 Å². The van der Waals surface area contributed by atoms with Gasteiger partial charge in [0.15, 0.2) is 0 Å². The zero-order valence-electron chi connectivity index (χ0n) is 18.4. The lowest BCUT2D eigenvalue weighted by Gasteiger charge is -2.36. The minimum absolute atomic E-state index is 0.184. The van der Waals surface area contributed by atoms with Crippen LogP contribution >= 0.6 is 0 Å². The molecule has 0 saturated carbocycles. The molecule has 0 bridgehead atoms. The Balaban J connectivity index is 1.44. The number of hydrogen-bond donors (Lipinski definition) is 0. The van der Waals surface area contributed by atoms with Gasteiger partial charge in [-0.2, -0.15) is 4.98 Å². The Kier molecular flexibility index (Phi) is 6.18. The number of aromatic nitrogens is 2. The molecule has 3 aliphatic heterocycles. The van der Waals surface area contributed by atoms with Crippen molar-refractivity contribution in [3.05, 3.63) is 51.2 Å². The van der Waals surface area contributed by atoms with Crippen molar-refractivity contribution in [1.29, 1.82) is 0 Å². The highest BCUT2D eigenvalue weighted by molar-refractivity contribution is 5.54. The fraction of sp³-hybridized carbons (Fsp3) is 0.565. The third-order valence-corrected chi connectivity index (χ3v) is 6.64. The summed E-state index contributed by atoms with van der Waals surface area (Å²) in [5, 5.41) is 11.5. The third kappa shape index (κ3) is 4.40. The molecule has 2 saturated heterocycles. The first-order valence-corrected chi connectivity index (χ1v) is 11.6. The van der Waals surface area contributed by atoms with E-state index in [0.29, 0.717) is 26.3 Å². The number of nitro groups is 1. The van der Waals surface area contributed by atoms with Crippen molar-refractivity contribution in [2.24, 2.45) is 0 Å². The number of rotatable bonds is 5. The van der Waals surface area contributed by atoms with Gasteiger partial charge in [0.2, 0.25) is 5.95 Å². The van der Waals surface area contributed by atoms with Gasteiger partial charge in [0.05, 0.1) is 23.8 Å². The molecule has 9 heteroatoms. The van der Waals surface area contributed by atoms with Gasteiger partial charge in [-0.3, -0.25) is 15.0 Å². The number of nitro benzene ring substituents is 1. The lowest BCUT2D eigenvalue weighted by atomic mass is 10.0. The van der Waals surface area contributed by atoms with E-state index in [2.05, 4.69) is 14.7 Å². The molecule has 9 nitrogen and oxygen atoms in total. The third-order valence-electron chi connectivity index (χ3n) is 6.64. The maximum Gasteiger partial charge on any atom is 0.273 e. The van der Waals surface area contributed by atoms with E-state index in [0.717, 1.165) is 67.7 Å². The summed E-state index contributed by atoms with van der Waals surface area (Å²) in [6.45, 7) is 7.19.